The molecule has 1 aromatic rings. The van der Waals surface area contributed by atoms with Gasteiger partial charge in [-0.25, -0.2) is 0 Å². The first-order valence-electron chi connectivity index (χ1n) is 5.42. The maximum atomic E-state index is 12.1. The van der Waals surface area contributed by atoms with Crippen LogP contribution in [0.2, 0.25) is 0 Å². The molecule has 0 aliphatic carbocycles. The number of rotatable bonds is 3. The van der Waals surface area contributed by atoms with E-state index in [1.54, 1.807) is 13.0 Å². The number of aryl methyl sites for hydroxylation is 1. The minimum absolute atomic E-state index is 0.213. The van der Waals surface area contributed by atoms with Crippen molar-refractivity contribution in [3.05, 3.63) is 33.8 Å². The predicted molar refractivity (Wildman–Crippen MR) is 70.7 cm³/mol. The zero-order chi connectivity index (χ0) is 13.1. The summed E-state index contributed by atoms with van der Waals surface area (Å²) in [6.07, 6.45) is 0.572. The van der Waals surface area contributed by atoms with Gasteiger partial charge in [-0.05, 0) is 38.0 Å². The number of hydrogen-bond acceptors (Lipinski definition) is 2. The number of benzene rings is 1. The molecule has 1 rings (SSSR count). The van der Waals surface area contributed by atoms with Crippen LogP contribution in [0, 0.1) is 18.3 Å². The molecule has 90 valence electrons. The third-order valence-corrected chi connectivity index (χ3v) is 3.28. The molecule has 0 aliphatic rings. The molecule has 0 spiro atoms. The van der Waals surface area contributed by atoms with Crippen molar-refractivity contribution in [1.29, 1.82) is 5.26 Å². The Labute approximate surface area is 110 Å². The van der Waals surface area contributed by atoms with Crippen molar-refractivity contribution in [1.82, 2.24) is 5.32 Å². The Kier molecular flexibility index (Phi) is 4.30. The second-order valence-electron chi connectivity index (χ2n) is 4.21. The first kappa shape index (κ1) is 13.7. The maximum absolute atomic E-state index is 12.1. The van der Waals surface area contributed by atoms with E-state index in [9.17, 15) is 4.79 Å². The molecule has 1 atom stereocenters. The molecule has 17 heavy (non-hydrogen) atoms. The summed E-state index contributed by atoms with van der Waals surface area (Å²) >= 11 is 3.33. The smallest absolute Gasteiger partial charge is 0.252 e. The number of amides is 1. The summed E-state index contributed by atoms with van der Waals surface area (Å²) in [6, 6.07) is 7.64. The summed E-state index contributed by atoms with van der Waals surface area (Å²) in [5.41, 5.74) is 0.669. The van der Waals surface area contributed by atoms with E-state index in [1.807, 2.05) is 26.0 Å². The molecule has 0 heterocycles. The maximum Gasteiger partial charge on any atom is 0.252 e. The molecule has 0 saturated carbocycles. The molecule has 1 N–H and O–H groups in total. The van der Waals surface area contributed by atoms with E-state index in [-0.39, 0.29) is 5.91 Å². The van der Waals surface area contributed by atoms with Gasteiger partial charge in [0, 0.05) is 10.0 Å². The molecule has 4 heteroatoms. The van der Waals surface area contributed by atoms with Crippen LogP contribution in [0.5, 0.6) is 0 Å². The van der Waals surface area contributed by atoms with Crippen molar-refractivity contribution in [2.45, 2.75) is 32.7 Å². The number of carbonyl (C=O) groups is 1. The summed E-state index contributed by atoms with van der Waals surface area (Å²) in [7, 11) is 0. The normalized spacial score (nSPS) is 13.6. The lowest BCUT2D eigenvalue weighted by atomic mass is 9.99. The molecule has 0 bridgehead atoms. The van der Waals surface area contributed by atoms with Gasteiger partial charge in [-0.1, -0.05) is 28.9 Å². The van der Waals surface area contributed by atoms with E-state index in [4.69, 9.17) is 5.26 Å². The van der Waals surface area contributed by atoms with Crippen molar-refractivity contribution in [2.24, 2.45) is 0 Å². The van der Waals surface area contributed by atoms with E-state index in [0.29, 0.717) is 12.0 Å². The van der Waals surface area contributed by atoms with Gasteiger partial charge in [-0.15, -0.1) is 0 Å². The lowest BCUT2D eigenvalue weighted by Gasteiger charge is -2.21. The van der Waals surface area contributed by atoms with E-state index in [2.05, 4.69) is 27.3 Å². The van der Waals surface area contributed by atoms with Crippen LogP contribution in [0.4, 0.5) is 0 Å². The summed E-state index contributed by atoms with van der Waals surface area (Å²) in [4.78, 5) is 12.1. The molecular formula is C13H15BrN2O. The summed E-state index contributed by atoms with van der Waals surface area (Å²) in [6.45, 7) is 5.46. The highest BCUT2D eigenvalue weighted by molar-refractivity contribution is 9.10. The second-order valence-corrected chi connectivity index (χ2v) is 5.13. The van der Waals surface area contributed by atoms with Crippen molar-refractivity contribution in [2.75, 3.05) is 0 Å². The van der Waals surface area contributed by atoms with Crippen LogP contribution < -0.4 is 5.32 Å². The van der Waals surface area contributed by atoms with E-state index in [1.165, 1.54) is 0 Å². The van der Waals surface area contributed by atoms with Gasteiger partial charge >= 0.3 is 0 Å². The highest BCUT2D eigenvalue weighted by atomic mass is 79.9. The minimum Gasteiger partial charge on any atom is -0.334 e. The Morgan fingerprint density at radius 1 is 1.59 bits per heavy atom. The highest BCUT2D eigenvalue weighted by Gasteiger charge is 2.24. The molecule has 3 nitrogen and oxygen atoms in total. The van der Waals surface area contributed by atoms with Crippen LogP contribution >= 0.6 is 15.9 Å². The van der Waals surface area contributed by atoms with Gasteiger partial charge in [0.2, 0.25) is 0 Å². The fourth-order valence-electron chi connectivity index (χ4n) is 1.35. The van der Waals surface area contributed by atoms with Gasteiger partial charge in [0.15, 0.2) is 0 Å². The molecule has 0 radical (unpaired) electrons. The number of nitriles is 1. The fraction of sp³-hybridized carbons (Fsp3) is 0.385. The number of hydrogen-bond donors (Lipinski definition) is 1. The quantitative estimate of drug-likeness (QED) is 0.931. The van der Waals surface area contributed by atoms with Gasteiger partial charge in [0.25, 0.3) is 5.91 Å². The second kappa shape index (κ2) is 5.33. The van der Waals surface area contributed by atoms with Crippen LogP contribution in [-0.4, -0.2) is 11.4 Å². The first-order chi connectivity index (χ1) is 7.91. The van der Waals surface area contributed by atoms with Gasteiger partial charge in [-0.2, -0.15) is 5.26 Å². The Hall–Kier alpha value is -1.34. The van der Waals surface area contributed by atoms with Crippen LogP contribution in [-0.2, 0) is 0 Å². The van der Waals surface area contributed by atoms with Crippen LogP contribution in [0.25, 0.3) is 0 Å². The van der Waals surface area contributed by atoms with Crippen LogP contribution in [0.1, 0.15) is 36.2 Å². The van der Waals surface area contributed by atoms with Crippen molar-refractivity contribution >= 4 is 21.8 Å². The van der Waals surface area contributed by atoms with E-state index >= 15 is 0 Å². The standard InChI is InChI=1S/C13H15BrN2O/c1-4-13(3,8-15)16-12(17)11-7-10(14)6-5-9(11)2/h5-7H,4H2,1-3H3,(H,16,17). The highest BCUT2D eigenvalue weighted by Crippen LogP contribution is 2.17. The van der Waals surface area contributed by atoms with Crippen molar-refractivity contribution < 1.29 is 4.79 Å². The molecule has 0 aliphatic heterocycles. The minimum atomic E-state index is -0.814. The molecule has 1 unspecified atom stereocenters. The SMILES string of the molecule is CCC(C)(C#N)NC(=O)c1cc(Br)ccc1C. The van der Waals surface area contributed by atoms with Gasteiger partial charge in [0.1, 0.15) is 5.54 Å². The third kappa shape index (κ3) is 3.31. The molecule has 1 aromatic carbocycles. The molecule has 0 saturated heterocycles. The lowest BCUT2D eigenvalue weighted by Crippen LogP contribution is -2.44. The average Bonchev–Trinajstić information content (AvgIpc) is 2.32. The topological polar surface area (TPSA) is 52.9 Å². The number of carbonyl (C=O) groups excluding carboxylic acids is 1. The summed E-state index contributed by atoms with van der Waals surface area (Å²) in [5, 5.41) is 11.8. The Morgan fingerprint density at radius 3 is 2.76 bits per heavy atom. The number of nitrogens with zero attached hydrogens (tertiary/aromatic N) is 1. The number of halogens is 1. The summed E-state index contributed by atoms with van der Waals surface area (Å²) in [5.74, 6) is -0.213. The van der Waals surface area contributed by atoms with Crippen molar-refractivity contribution in [3.63, 3.8) is 0 Å². The van der Waals surface area contributed by atoms with Gasteiger partial charge in [0.05, 0.1) is 6.07 Å². The molecule has 0 aromatic heterocycles. The first-order valence-corrected chi connectivity index (χ1v) is 6.21. The molecule has 1 amide bonds. The van der Waals surface area contributed by atoms with Gasteiger partial charge in [-0.3, -0.25) is 4.79 Å². The monoisotopic (exact) mass is 294 g/mol. The Morgan fingerprint density at radius 2 is 2.24 bits per heavy atom. The lowest BCUT2D eigenvalue weighted by molar-refractivity contribution is 0.0922. The third-order valence-electron chi connectivity index (χ3n) is 2.79. The van der Waals surface area contributed by atoms with Crippen molar-refractivity contribution in [3.8, 4) is 6.07 Å². The Balaban J connectivity index is 2.99. The average molecular weight is 295 g/mol. The zero-order valence-corrected chi connectivity index (χ0v) is 11.8. The predicted octanol–water partition coefficient (Wildman–Crippen LogP) is 3.18. The largest absolute Gasteiger partial charge is 0.334 e. The van der Waals surface area contributed by atoms with Crippen LogP contribution in [0.15, 0.2) is 22.7 Å². The Bertz CT molecular complexity index is 479. The number of nitrogens with one attached hydrogen (secondary N) is 1. The van der Waals surface area contributed by atoms with E-state index < -0.39 is 5.54 Å². The van der Waals surface area contributed by atoms with Gasteiger partial charge < -0.3 is 5.32 Å². The summed E-state index contributed by atoms with van der Waals surface area (Å²) < 4.78 is 0.850. The molecular weight excluding hydrogens is 280 g/mol. The van der Waals surface area contributed by atoms with Crippen LogP contribution in [0.3, 0.4) is 0 Å². The van der Waals surface area contributed by atoms with E-state index in [0.717, 1.165) is 10.0 Å². The zero-order valence-electron chi connectivity index (χ0n) is 10.2. The fourth-order valence-corrected chi connectivity index (χ4v) is 1.71. The molecule has 0 fully saturated rings.